The number of likely N-dealkylation sites (tertiary alicyclic amines) is 1. The minimum Gasteiger partial charge on any atom is -0.449 e. The van der Waals surface area contributed by atoms with Crippen LogP contribution in [0.1, 0.15) is 49.1 Å². The fourth-order valence-corrected chi connectivity index (χ4v) is 3.89. The molecule has 2 fully saturated rings. The van der Waals surface area contributed by atoms with Crippen LogP contribution in [-0.2, 0) is 18.4 Å². The van der Waals surface area contributed by atoms with Gasteiger partial charge in [0.15, 0.2) is 0 Å². The summed E-state index contributed by atoms with van der Waals surface area (Å²) in [6, 6.07) is 5.89. The standard InChI is InChI=1S/C19H23N5O2/c1-23-9-8-22-19(23)18-13(2-7-17(25)24(18)14-3-4-14)11-21-12-16-6-5-15(10-20)26-16/h5-6,8-9,13-14,18,21H,2-4,7,11-12H2,1H3/t13-,18+/m1/s1. The maximum Gasteiger partial charge on any atom is 0.223 e. The monoisotopic (exact) mass is 353 g/mol. The Morgan fingerprint density at radius 1 is 1.38 bits per heavy atom. The average Bonchev–Trinajstić information content (AvgIpc) is 3.22. The van der Waals surface area contributed by atoms with E-state index in [1.54, 1.807) is 12.3 Å². The molecule has 26 heavy (non-hydrogen) atoms. The lowest BCUT2D eigenvalue weighted by Crippen LogP contribution is -2.47. The van der Waals surface area contributed by atoms with Crippen molar-refractivity contribution in [2.45, 2.75) is 44.3 Å². The first-order chi connectivity index (χ1) is 12.7. The molecule has 2 aromatic heterocycles. The molecule has 7 nitrogen and oxygen atoms in total. The van der Waals surface area contributed by atoms with E-state index in [-0.39, 0.29) is 11.9 Å². The molecule has 2 aliphatic rings. The number of rotatable bonds is 6. The van der Waals surface area contributed by atoms with Crippen LogP contribution in [0.5, 0.6) is 0 Å². The number of nitrogens with one attached hydrogen (secondary N) is 1. The smallest absolute Gasteiger partial charge is 0.223 e. The molecule has 136 valence electrons. The van der Waals surface area contributed by atoms with Crippen molar-refractivity contribution in [1.82, 2.24) is 19.8 Å². The molecule has 1 N–H and O–H groups in total. The molecular formula is C19H23N5O2. The summed E-state index contributed by atoms with van der Waals surface area (Å²) in [5.41, 5.74) is 0. The number of hydrogen-bond donors (Lipinski definition) is 1. The Balaban J connectivity index is 1.48. The number of nitriles is 1. The molecule has 0 bridgehead atoms. The van der Waals surface area contributed by atoms with Crippen LogP contribution in [0.3, 0.4) is 0 Å². The molecule has 0 aromatic carbocycles. The first kappa shape index (κ1) is 16.9. The maximum absolute atomic E-state index is 12.6. The first-order valence-electron chi connectivity index (χ1n) is 9.15. The summed E-state index contributed by atoms with van der Waals surface area (Å²) in [5, 5.41) is 12.3. The number of carbonyl (C=O) groups excluding carboxylic acids is 1. The first-order valence-corrected chi connectivity index (χ1v) is 9.15. The summed E-state index contributed by atoms with van der Waals surface area (Å²) in [6.07, 6.45) is 7.38. The van der Waals surface area contributed by atoms with Crippen LogP contribution in [0, 0.1) is 17.2 Å². The zero-order valence-electron chi connectivity index (χ0n) is 14.9. The van der Waals surface area contributed by atoms with Gasteiger partial charge in [-0.05, 0) is 37.3 Å². The highest BCUT2D eigenvalue weighted by Gasteiger charge is 2.45. The van der Waals surface area contributed by atoms with E-state index in [0.717, 1.165) is 37.4 Å². The Hall–Kier alpha value is -2.59. The Bertz CT molecular complexity index is 829. The highest BCUT2D eigenvalue weighted by Crippen LogP contribution is 2.42. The van der Waals surface area contributed by atoms with Crippen LogP contribution < -0.4 is 5.32 Å². The molecule has 0 unspecified atom stereocenters. The Morgan fingerprint density at radius 2 is 2.23 bits per heavy atom. The summed E-state index contributed by atoms with van der Waals surface area (Å²) < 4.78 is 7.45. The fourth-order valence-electron chi connectivity index (χ4n) is 3.89. The predicted molar refractivity (Wildman–Crippen MR) is 93.7 cm³/mol. The van der Waals surface area contributed by atoms with Crippen LogP contribution >= 0.6 is 0 Å². The Morgan fingerprint density at radius 3 is 2.88 bits per heavy atom. The third-order valence-electron chi connectivity index (χ3n) is 5.30. The molecule has 4 rings (SSSR count). The summed E-state index contributed by atoms with van der Waals surface area (Å²) in [6.45, 7) is 1.35. The van der Waals surface area contributed by atoms with Gasteiger partial charge < -0.3 is 19.2 Å². The number of aromatic nitrogens is 2. The number of carbonyl (C=O) groups is 1. The van der Waals surface area contributed by atoms with Gasteiger partial charge in [-0.1, -0.05) is 0 Å². The molecule has 1 aliphatic heterocycles. The van der Waals surface area contributed by atoms with Crippen molar-refractivity contribution in [3.63, 3.8) is 0 Å². The molecule has 1 saturated heterocycles. The molecule has 1 saturated carbocycles. The average molecular weight is 353 g/mol. The second kappa shape index (κ2) is 6.96. The van der Waals surface area contributed by atoms with E-state index in [0.29, 0.717) is 30.7 Å². The zero-order valence-corrected chi connectivity index (χ0v) is 14.9. The SMILES string of the molecule is Cn1ccnc1[C@@H]1[C@@H](CNCc2ccc(C#N)o2)CCC(=O)N1C1CC1. The van der Waals surface area contributed by atoms with Gasteiger partial charge in [0.05, 0.1) is 12.6 Å². The van der Waals surface area contributed by atoms with Gasteiger partial charge in [0.2, 0.25) is 11.7 Å². The van der Waals surface area contributed by atoms with Crippen molar-refractivity contribution in [2.24, 2.45) is 13.0 Å². The minimum absolute atomic E-state index is 0.0162. The second-order valence-electron chi connectivity index (χ2n) is 7.18. The van der Waals surface area contributed by atoms with Crippen LogP contribution in [0.2, 0.25) is 0 Å². The van der Waals surface area contributed by atoms with Crippen LogP contribution in [0.15, 0.2) is 28.9 Å². The van der Waals surface area contributed by atoms with Crippen molar-refractivity contribution in [2.75, 3.05) is 6.54 Å². The number of aryl methyl sites for hydroxylation is 1. The third-order valence-corrected chi connectivity index (χ3v) is 5.30. The van der Waals surface area contributed by atoms with Gasteiger partial charge in [0.1, 0.15) is 17.7 Å². The van der Waals surface area contributed by atoms with Gasteiger partial charge >= 0.3 is 0 Å². The van der Waals surface area contributed by atoms with Gasteiger partial charge in [-0.2, -0.15) is 5.26 Å². The van der Waals surface area contributed by atoms with E-state index in [4.69, 9.17) is 9.68 Å². The lowest BCUT2D eigenvalue weighted by atomic mass is 9.87. The molecule has 2 atom stereocenters. The van der Waals surface area contributed by atoms with Gasteiger partial charge in [0.25, 0.3) is 0 Å². The van der Waals surface area contributed by atoms with E-state index in [1.165, 1.54) is 0 Å². The highest BCUT2D eigenvalue weighted by atomic mass is 16.3. The summed E-state index contributed by atoms with van der Waals surface area (Å²) in [5.74, 6) is 2.60. The number of hydrogen-bond acceptors (Lipinski definition) is 5. The zero-order chi connectivity index (χ0) is 18.1. The lowest BCUT2D eigenvalue weighted by Gasteiger charge is -2.41. The topological polar surface area (TPSA) is 87.1 Å². The minimum atomic E-state index is 0.0162. The third kappa shape index (κ3) is 3.25. The van der Waals surface area contributed by atoms with E-state index >= 15 is 0 Å². The van der Waals surface area contributed by atoms with Crippen LogP contribution in [-0.4, -0.2) is 32.9 Å². The largest absolute Gasteiger partial charge is 0.449 e. The van der Waals surface area contributed by atoms with E-state index in [1.807, 2.05) is 29.9 Å². The number of piperidine rings is 1. The maximum atomic E-state index is 12.6. The number of furan rings is 1. The molecule has 7 heteroatoms. The van der Waals surface area contributed by atoms with E-state index in [9.17, 15) is 4.79 Å². The van der Waals surface area contributed by atoms with Crippen LogP contribution in [0.4, 0.5) is 0 Å². The molecule has 0 radical (unpaired) electrons. The molecule has 3 heterocycles. The van der Waals surface area contributed by atoms with Crippen molar-refractivity contribution in [1.29, 1.82) is 5.26 Å². The summed E-state index contributed by atoms with van der Waals surface area (Å²) >= 11 is 0. The van der Waals surface area contributed by atoms with Crippen molar-refractivity contribution < 1.29 is 9.21 Å². The Labute approximate surface area is 152 Å². The van der Waals surface area contributed by atoms with Gasteiger partial charge in [-0.15, -0.1) is 0 Å². The summed E-state index contributed by atoms with van der Waals surface area (Å²) in [7, 11) is 1.99. The fraction of sp³-hybridized carbons (Fsp3) is 0.526. The van der Waals surface area contributed by atoms with E-state index < -0.39 is 0 Å². The molecule has 1 amide bonds. The number of imidazole rings is 1. The van der Waals surface area contributed by atoms with Gasteiger partial charge in [-0.25, -0.2) is 4.98 Å². The molecular weight excluding hydrogens is 330 g/mol. The molecule has 1 aliphatic carbocycles. The van der Waals surface area contributed by atoms with Crippen molar-refractivity contribution in [3.8, 4) is 6.07 Å². The summed E-state index contributed by atoms with van der Waals surface area (Å²) in [4.78, 5) is 19.2. The second-order valence-corrected chi connectivity index (χ2v) is 7.18. The highest BCUT2D eigenvalue weighted by molar-refractivity contribution is 5.78. The van der Waals surface area contributed by atoms with Crippen molar-refractivity contribution in [3.05, 3.63) is 41.9 Å². The number of nitrogens with zero attached hydrogens (tertiary/aromatic N) is 4. The van der Waals surface area contributed by atoms with Crippen LogP contribution in [0.25, 0.3) is 0 Å². The number of amides is 1. The van der Waals surface area contributed by atoms with Gasteiger partial charge in [0, 0.05) is 38.4 Å². The van der Waals surface area contributed by atoms with Gasteiger partial charge in [-0.3, -0.25) is 4.79 Å². The molecule has 2 aromatic rings. The lowest BCUT2D eigenvalue weighted by molar-refractivity contribution is -0.140. The molecule has 0 spiro atoms. The van der Waals surface area contributed by atoms with E-state index in [2.05, 4.69) is 15.2 Å². The Kier molecular flexibility index (Phi) is 4.51. The quantitative estimate of drug-likeness (QED) is 0.859. The van der Waals surface area contributed by atoms with Crippen molar-refractivity contribution >= 4 is 5.91 Å². The normalized spacial score (nSPS) is 23.2. The predicted octanol–water partition coefficient (Wildman–Crippen LogP) is 2.12.